The second-order valence-corrected chi connectivity index (χ2v) is 6.46. The van der Waals surface area contributed by atoms with Crippen molar-refractivity contribution in [3.63, 3.8) is 0 Å². The van der Waals surface area contributed by atoms with Crippen molar-refractivity contribution in [2.45, 2.75) is 58.9 Å². The standard InChI is InChI=1S/C13H24N2S/c1-10(2)14-8-6-7-11-9-16-12(15-11)13(3,4)5/h9-10,14H,6-8H2,1-5H3. The van der Waals surface area contributed by atoms with E-state index < -0.39 is 0 Å². The molecule has 0 aromatic carbocycles. The van der Waals surface area contributed by atoms with Crippen molar-refractivity contribution in [3.8, 4) is 0 Å². The van der Waals surface area contributed by atoms with Gasteiger partial charge in [0.05, 0.1) is 10.7 Å². The van der Waals surface area contributed by atoms with Crippen molar-refractivity contribution in [2.24, 2.45) is 0 Å². The molecule has 0 saturated heterocycles. The van der Waals surface area contributed by atoms with Crippen molar-refractivity contribution in [2.75, 3.05) is 6.54 Å². The van der Waals surface area contributed by atoms with Crippen LogP contribution < -0.4 is 5.32 Å². The largest absolute Gasteiger partial charge is 0.315 e. The first-order valence-corrected chi connectivity index (χ1v) is 6.96. The Kier molecular flexibility index (Phi) is 4.93. The zero-order valence-corrected chi connectivity index (χ0v) is 11.9. The van der Waals surface area contributed by atoms with E-state index in [1.54, 1.807) is 11.3 Å². The monoisotopic (exact) mass is 240 g/mol. The molecule has 1 N–H and O–H groups in total. The van der Waals surface area contributed by atoms with E-state index in [2.05, 4.69) is 50.3 Å². The van der Waals surface area contributed by atoms with Crippen LogP contribution in [0.4, 0.5) is 0 Å². The quantitative estimate of drug-likeness (QED) is 0.798. The molecule has 0 atom stereocenters. The molecule has 0 spiro atoms. The highest BCUT2D eigenvalue weighted by Gasteiger charge is 2.17. The lowest BCUT2D eigenvalue weighted by Gasteiger charge is -2.13. The van der Waals surface area contributed by atoms with E-state index in [9.17, 15) is 0 Å². The molecule has 1 aromatic heterocycles. The molecule has 0 fully saturated rings. The first-order chi connectivity index (χ1) is 7.39. The molecule has 0 saturated carbocycles. The van der Waals surface area contributed by atoms with Crippen molar-refractivity contribution < 1.29 is 0 Å². The summed E-state index contributed by atoms with van der Waals surface area (Å²) in [5.41, 5.74) is 1.44. The van der Waals surface area contributed by atoms with E-state index in [0.717, 1.165) is 13.0 Å². The predicted molar refractivity (Wildman–Crippen MR) is 72.3 cm³/mol. The summed E-state index contributed by atoms with van der Waals surface area (Å²) in [4.78, 5) is 4.69. The summed E-state index contributed by atoms with van der Waals surface area (Å²) in [7, 11) is 0. The van der Waals surface area contributed by atoms with Gasteiger partial charge in [0, 0.05) is 16.8 Å². The fraction of sp³-hybridized carbons (Fsp3) is 0.769. The molecule has 92 valence electrons. The van der Waals surface area contributed by atoms with Crippen LogP contribution in [-0.2, 0) is 11.8 Å². The first-order valence-electron chi connectivity index (χ1n) is 6.08. The lowest BCUT2D eigenvalue weighted by atomic mass is 9.98. The number of thiazole rings is 1. The van der Waals surface area contributed by atoms with Crippen molar-refractivity contribution >= 4 is 11.3 Å². The Hall–Kier alpha value is -0.410. The minimum Gasteiger partial charge on any atom is -0.315 e. The fourth-order valence-electron chi connectivity index (χ4n) is 1.43. The molecule has 16 heavy (non-hydrogen) atoms. The van der Waals surface area contributed by atoms with Crippen LogP contribution in [0.25, 0.3) is 0 Å². The zero-order valence-electron chi connectivity index (χ0n) is 11.1. The summed E-state index contributed by atoms with van der Waals surface area (Å²) in [5, 5.41) is 6.88. The number of aromatic nitrogens is 1. The molecule has 3 heteroatoms. The third-order valence-corrected chi connectivity index (χ3v) is 3.67. The van der Waals surface area contributed by atoms with E-state index in [4.69, 9.17) is 0 Å². The number of hydrogen-bond donors (Lipinski definition) is 1. The Balaban J connectivity index is 2.36. The van der Waals surface area contributed by atoms with Gasteiger partial charge in [-0.05, 0) is 19.4 Å². The van der Waals surface area contributed by atoms with Gasteiger partial charge in [0.1, 0.15) is 0 Å². The highest BCUT2D eigenvalue weighted by molar-refractivity contribution is 7.09. The number of nitrogens with one attached hydrogen (secondary N) is 1. The first kappa shape index (κ1) is 13.7. The van der Waals surface area contributed by atoms with E-state index in [-0.39, 0.29) is 5.41 Å². The molecule has 0 aliphatic rings. The Morgan fingerprint density at radius 3 is 2.56 bits per heavy atom. The minimum absolute atomic E-state index is 0.194. The van der Waals surface area contributed by atoms with Gasteiger partial charge in [-0.25, -0.2) is 4.98 Å². The molecule has 1 aromatic rings. The third-order valence-electron chi connectivity index (χ3n) is 2.36. The fourth-order valence-corrected chi connectivity index (χ4v) is 2.37. The maximum absolute atomic E-state index is 4.69. The van der Waals surface area contributed by atoms with Gasteiger partial charge < -0.3 is 5.32 Å². The lowest BCUT2D eigenvalue weighted by Crippen LogP contribution is -2.23. The minimum atomic E-state index is 0.194. The molecule has 0 aliphatic heterocycles. The van der Waals surface area contributed by atoms with E-state index >= 15 is 0 Å². The summed E-state index contributed by atoms with van der Waals surface area (Å²) in [6.45, 7) is 12.1. The van der Waals surface area contributed by atoms with Gasteiger partial charge >= 0.3 is 0 Å². The SMILES string of the molecule is CC(C)NCCCc1csc(C(C)(C)C)n1. The molecular weight excluding hydrogens is 216 g/mol. The maximum atomic E-state index is 4.69. The maximum Gasteiger partial charge on any atom is 0.0981 e. The molecule has 1 rings (SSSR count). The van der Waals surface area contributed by atoms with Crippen molar-refractivity contribution in [1.29, 1.82) is 0 Å². The normalized spacial score (nSPS) is 12.4. The summed E-state index contributed by atoms with van der Waals surface area (Å²) >= 11 is 1.79. The van der Waals surface area contributed by atoms with Crippen molar-refractivity contribution in [1.82, 2.24) is 10.3 Å². The Labute approximate surface area is 103 Å². The molecule has 1 heterocycles. The molecule has 2 nitrogen and oxygen atoms in total. The van der Waals surface area contributed by atoms with Crippen LogP contribution in [0.5, 0.6) is 0 Å². The van der Waals surface area contributed by atoms with Crippen LogP contribution in [-0.4, -0.2) is 17.6 Å². The molecule has 0 radical (unpaired) electrons. The second kappa shape index (κ2) is 5.78. The van der Waals surface area contributed by atoms with Gasteiger partial charge in [-0.1, -0.05) is 34.6 Å². The van der Waals surface area contributed by atoms with Crippen LogP contribution >= 0.6 is 11.3 Å². The highest BCUT2D eigenvalue weighted by Crippen LogP contribution is 2.25. The Morgan fingerprint density at radius 1 is 1.38 bits per heavy atom. The Morgan fingerprint density at radius 2 is 2.06 bits per heavy atom. The van der Waals surface area contributed by atoms with Crippen LogP contribution in [0.2, 0.25) is 0 Å². The zero-order chi connectivity index (χ0) is 12.2. The van der Waals surface area contributed by atoms with Crippen LogP contribution in [0, 0.1) is 0 Å². The average Bonchev–Trinajstić information content (AvgIpc) is 2.59. The number of rotatable bonds is 5. The van der Waals surface area contributed by atoms with E-state index in [1.165, 1.54) is 17.1 Å². The molecule has 0 amide bonds. The number of nitrogens with zero attached hydrogens (tertiary/aromatic N) is 1. The summed E-state index contributed by atoms with van der Waals surface area (Å²) < 4.78 is 0. The highest BCUT2D eigenvalue weighted by atomic mass is 32.1. The summed E-state index contributed by atoms with van der Waals surface area (Å²) in [5.74, 6) is 0. The summed E-state index contributed by atoms with van der Waals surface area (Å²) in [6, 6.07) is 0.584. The van der Waals surface area contributed by atoms with Gasteiger partial charge in [0.15, 0.2) is 0 Å². The second-order valence-electron chi connectivity index (χ2n) is 5.61. The molecular formula is C13H24N2S. The topological polar surface area (TPSA) is 24.9 Å². The van der Waals surface area contributed by atoms with Gasteiger partial charge in [-0.15, -0.1) is 11.3 Å². The smallest absolute Gasteiger partial charge is 0.0981 e. The van der Waals surface area contributed by atoms with Gasteiger partial charge in [0.25, 0.3) is 0 Å². The van der Waals surface area contributed by atoms with Crippen LogP contribution in [0.1, 0.15) is 51.7 Å². The van der Waals surface area contributed by atoms with E-state index in [1.807, 2.05) is 0 Å². The van der Waals surface area contributed by atoms with Crippen molar-refractivity contribution in [3.05, 3.63) is 16.1 Å². The third kappa shape index (κ3) is 4.62. The number of aryl methyl sites for hydroxylation is 1. The van der Waals surface area contributed by atoms with Gasteiger partial charge in [-0.2, -0.15) is 0 Å². The molecule has 0 bridgehead atoms. The Bertz CT molecular complexity index is 310. The van der Waals surface area contributed by atoms with E-state index in [0.29, 0.717) is 6.04 Å². The molecule has 0 aliphatic carbocycles. The van der Waals surface area contributed by atoms with Gasteiger partial charge in [0.2, 0.25) is 0 Å². The van der Waals surface area contributed by atoms with Crippen LogP contribution in [0.3, 0.4) is 0 Å². The predicted octanol–water partition coefficient (Wildman–Crippen LogP) is 3.37. The number of hydrogen-bond acceptors (Lipinski definition) is 3. The summed E-state index contributed by atoms with van der Waals surface area (Å²) in [6.07, 6.45) is 2.26. The average molecular weight is 240 g/mol. The van der Waals surface area contributed by atoms with Gasteiger partial charge in [-0.3, -0.25) is 0 Å². The van der Waals surface area contributed by atoms with Crippen LogP contribution in [0.15, 0.2) is 5.38 Å². The lowest BCUT2D eigenvalue weighted by molar-refractivity contribution is 0.564. The molecule has 0 unspecified atom stereocenters.